The van der Waals surface area contributed by atoms with Crippen molar-refractivity contribution in [3.63, 3.8) is 0 Å². The number of carboxylic acids is 1. The topological polar surface area (TPSA) is 78.4 Å². The first-order valence-electron chi connectivity index (χ1n) is 7.71. The summed E-state index contributed by atoms with van der Waals surface area (Å²) >= 11 is 0. The Bertz CT molecular complexity index is 325. The first-order chi connectivity index (χ1) is 9.50. The highest BCUT2D eigenvalue weighted by molar-refractivity contribution is 5.83. The molecule has 1 aliphatic rings. The first kappa shape index (κ1) is 17.0. The van der Waals surface area contributed by atoms with Crippen molar-refractivity contribution in [3.8, 4) is 0 Å². The van der Waals surface area contributed by atoms with Crippen LogP contribution in [0.25, 0.3) is 0 Å². The maximum absolute atomic E-state index is 12.4. The average molecular weight is 284 g/mol. The van der Waals surface area contributed by atoms with Crippen molar-refractivity contribution in [2.75, 3.05) is 19.6 Å². The molecule has 5 heteroatoms. The SMILES string of the molecule is CCC1(C(=O)NCCC(C)CCC(=O)O)CCCNC1. The molecule has 5 nitrogen and oxygen atoms in total. The molecular weight excluding hydrogens is 256 g/mol. The molecule has 1 rings (SSSR count). The van der Waals surface area contributed by atoms with Crippen molar-refractivity contribution < 1.29 is 14.7 Å². The third-order valence-corrected chi connectivity index (χ3v) is 4.40. The fraction of sp³-hybridized carbons (Fsp3) is 0.867. The predicted octanol–water partition coefficient (Wildman–Crippen LogP) is 1.77. The fourth-order valence-corrected chi connectivity index (χ4v) is 2.76. The summed E-state index contributed by atoms with van der Waals surface area (Å²) in [6.07, 6.45) is 4.59. The highest BCUT2D eigenvalue weighted by Gasteiger charge is 2.37. The lowest BCUT2D eigenvalue weighted by molar-refractivity contribution is -0.137. The molecule has 1 amide bonds. The van der Waals surface area contributed by atoms with Crippen LogP contribution in [-0.4, -0.2) is 36.6 Å². The molecule has 2 atom stereocenters. The molecule has 3 N–H and O–H groups in total. The fourth-order valence-electron chi connectivity index (χ4n) is 2.76. The monoisotopic (exact) mass is 284 g/mol. The number of carbonyl (C=O) groups excluding carboxylic acids is 1. The largest absolute Gasteiger partial charge is 0.481 e. The Morgan fingerprint density at radius 2 is 2.15 bits per heavy atom. The van der Waals surface area contributed by atoms with Gasteiger partial charge in [0, 0.05) is 19.5 Å². The molecule has 0 aromatic heterocycles. The average Bonchev–Trinajstić information content (AvgIpc) is 2.45. The van der Waals surface area contributed by atoms with Gasteiger partial charge in [-0.25, -0.2) is 0 Å². The zero-order chi connectivity index (χ0) is 15.0. The molecule has 0 spiro atoms. The van der Waals surface area contributed by atoms with Gasteiger partial charge in [-0.2, -0.15) is 0 Å². The standard InChI is InChI=1S/C15H28N2O3/c1-3-15(8-4-9-16-11-15)14(20)17-10-7-12(2)5-6-13(18)19/h12,16H,3-11H2,1-2H3,(H,17,20)(H,18,19). The Kier molecular flexibility index (Phi) is 6.99. The van der Waals surface area contributed by atoms with Crippen LogP contribution in [0.5, 0.6) is 0 Å². The molecule has 2 unspecified atom stereocenters. The number of piperidine rings is 1. The van der Waals surface area contributed by atoms with E-state index >= 15 is 0 Å². The Morgan fingerprint density at radius 3 is 2.70 bits per heavy atom. The quantitative estimate of drug-likeness (QED) is 0.635. The van der Waals surface area contributed by atoms with Crippen LogP contribution >= 0.6 is 0 Å². The summed E-state index contributed by atoms with van der Waals surface area (Å²) in [5.41, 5.74) is -0.247. The van der Waals surface area contributed by atoms with Crippen LogP contribution in [0.3, 0.4) is 0 Å². The van der Waals surface area contributed by atoms with Crippen LogP contribution in [0.2, 0.25) is 0 Å². The van der Waals surface area contributed by atoms with E-state index in [2.05, 4.69) is 17.6 Å². The Labute approximate surface area is 121 Å². The molecule has 0 saturated carbocycles. The van der Waals surface area contributed by atoms with Crippen molar-refractivity contribution >= 4 is 11.9 Å². The van der Waals surface area contributed by atoms with E-state index in [9.17, 15) is 9.59 Å². The van der Waals surface area contributed by atoms with E-state index in [4.69, 9.17) is 5.11 Å². The van der Waals surface area contributed by atoms with Crippen molar-refractivity contribution in [1.29, 1.82) is 0 Å². The molecule has 0 radical (unpaired) electrons. The molecule has 0 bridgehead atoms. The van der Waals surface area contributed by atoms with Gasteiger partial charge in [-0.15, -0.1) is 0 Å². The summed E-state index contributed by atoms with van der Waals surface area (Å²) in [5, 5.41) is 15.0. The zero-order valence-electron chi connectivity index (χ0n) is 12.7. The molecule has 116 valence electrons. The molecule has 1 fully saturated rings. The number of amides is 1. The highest BCUT2D eigenvalue weighted by atomic mass is 16.4. The van der Waals surface area contributed by atoms with E-state index < -0.39 is 5.97 Å². The van der Waals surface area contributed by atoms with Gasteiger partial charge in [0.1, 0.15) is 0 Å². The van der Waals surface area contributed by atoms with Gasteiger partial charge >= 0.3 is 5.97 Å². The minimum atomic E-state index is -0.751. The summed E-state index contributed by atoms with van der Waals surface area (Å²) in [6, 6.07) is 0. The van der Waals surface area contributed by atoms with Crippen LogP contribution in [0, 0.1) is 11.3 Å². The third-order valence-electron chi connectivity index (χ3n) is 4.40. The smallest absolute Gasteiger partial charge is 0.303 e. The van der Waals surface area contributed by atoms with Crippen molar-refractivity contribution in [2.45, 2.75) is 52.4 Å². The molecule has 1 heterocycles. The highest BCUT2D eigenvalue weighted by Crippen LogP contribution is 2.30. The molecule has 20 heavy (non-hydrogen) atoms. The van der Waals surface area contributed by atoms with Crippen LogP contribution in [0.1, 0.15) is 52.4 Å². The van der Waals surface area contributed by atoms with Gasteiger partial charge < -0.3 is 15.7 Å². The molecule has 1 aliphatic heterocycles. The van der Waals surface area contributed by atoms with E-state index in [1.807, 2.05) is 6.92 Å². The first-order valence-corrected chi connectivity index (χ1v) is 7.71. The van der Waals surface area contributed by atoms with E-state index in [0.29, 0.717) is 18.9 Å². The lowest BCUT2D eigenvalue weighted by Gasteiger charge is -2.35. The zero-order valence-corrected chi connectivity index (χ0v) is 12.7. The van der Waals surface area contributed by atoms with Crippen molar-refractivity contribution in [2.24, 2.45) is 11.3 Å². The second-order valence-corrected chi connectivity index (χ2v) is 6.00. The second-order valence-electron chi connectivity index (χ2n) is 6.00. The van der Waals surface area contributed by atoms with Crippen LogP contribution in [0.4, 0.5) is 0 Å². The molecule has 0 aromatic rings. The lowest BCUT2D eigenvalue weighted by atomic mass is 9.77. The van der Waals surface area contributed by atoms with Crippen LogP contribution < -0.4 is 10.6 Å². The number of rotatable bonds is 8. The predicted molar refractivity (Wildman–Crippen MR) is 78.5 cm³/mol. The van der Waals surface area contributed by atoms with E-state index in [0.717, 1.165) is 38.8 Å². The van der Waals surface area contributed by atoms with Crippen molar-refractivity contribution in [1.82, 2.24) is 10.6 Å². The van der Waals surface area contributed by atoms with Gasteiger partial charge in [-0.05, 0) is 44.6 Å². The molecular formula is C15H28N2O3. The summed E-state index contributed by atoms with van der Waals surface area (Å²) in [7, 11) is 0. The van der Waals surface area contributed by atoms with Gasteiger partial charge in [-0.3, -0.25) is 9.59 Å². The number of hydrogen-bond acceptors (Lipinski definition) is 3. The number of hydrogen-bond donors (Lipinski definition) is 3. The summed E-state index contributed by atoms with van der Waals surface area (Å²) < 4.78 is 0. The van der Waals surface area contributed by atoms with Gasteiger partial charge in [0.15, 0.2) is 0 Å². The van der Waals surface area contributed by atoms with E-state index in [-0.39, 0.29) is 17.7 Å². The normalized spacial score (nSPS) is 24.1. The maximum Gasteiger partial charge on any atom is 0.303 e. The molecule has 0 aliphatic carbocycles. The van der Waals surface area contributed by atoms with Crippen LogP contribution in [-0.2, 0) is 9.59 Å². The minimum absolute atomic E-state index is 0.151. The summed E-state index contributed by atoms with van der Waals surface area (Å²) in [4.78, 5) is 22.9. The number of carboxylic acid groups (broad SMARTS) is 1. The Morgan fingerprint density at radius 1 is 1.40 bits per heavy atom. The Hall–Kier alpha value is -1.10. The summed E-state index contributed by atoms with van der Waals surface area (Å²) in [6.45, 7) is 6.52. The maximum atomic E-state index is 12.4. The van der Waals surface area contributed by atoms with E-state index in [1.165, 1.54) is 0 Å². The number of aliphatic carboxylic acids is 1. The lowest BCUT2D eigenvalue weighted by Crippen LogP contribution is -2.50. The van der Waals surface area contributed by atoms with E-state index in [1.54, 1.807) is 0 Å². The van der Waals surface area contributed by atoms with Gasteiger partial charge in [-0.1, -0.05) is 13.8 Å². The van der Waals surface area contributed by atoms with Crippen LogP contribution in [0.15, 0.2) is 0 Å². The Balaban J connectivity index is 2.29. The second kappa shape index (κ2) is 8.25. The van der Waals surface area contributed by atoms with Crippen molar-refractivity contribution in [3.05, 3.63) is 0 Å². The minimum Gasteiger partial charge on any atom is -0.481 e. The third kappa shape index (κ3) is 5.12. The summed E-state index contributed by atoms with van der Waals surface area (Å²) in [5.74, 6) is -0.273. The molecule has 1 saturated heterocycles. The number of carbonyl (C=O) groups is 2. The molecule has 0 aromatic carbocycles. The van der Waals surface area contributed by atoms with Gasteiger partial charge in [0.2, 0.25) is 5.91 Å². The van der Waals surface area contributed by atoms with Gasteiger partial charge in [0.25, 0.3) is 0 Å². The number of nitrogens with one attached hydrogen (secondary N) is 2. The van der Waals surface area contributed by atoms with Gasteiger partial charge in [0.05, 0.1) is 5.41 Å².